The number of amides is 1. The van der Waals surface area contributed by atoms with Crippen molar-refractivity contribution in [1.82, 2.24) is 5.32 Å². The van der Waals surface area contributed by atoms with E-state index in [1.807, 2.05) is 0 Å². The molecule has 1 aliphatic rings. The van der Waals surface area contributed by atoms with Crippen LogP contribution in [-0.4, -0.2) is 41.3 Å². The molecule has 1 fully saturated rings. The molecule has 1 atom stereocenters. The van der Waals surface area contributed by atoms with E-state index in [1.54, 1.807) is 0 Å². The Kier molecular flexibility index (Phi) is 4.26. The molecule has 92 valence electrons. The Bertz CT molecular complexity index is 270. The minimum Gasteiger partial charge on any atom is -0.480 e. The SMILES string of the molecule is NCC1(CC(=O)NC(CO)C(=O)O)CCC1. The number of hydrogen-bond donors (Lipinski definition) is 4. The van der Waals surface area contributed by atoms with E-state index in [2.05, 4.69) is 5.32 Å². The van der Waals surface area contributed by atoms with Crippen molar-refractivity contribution in [2.24, 2.45) is 11.1 Å². The van der Waals surface area contributed by atoms with Gasteiger partial charge in [0.15, 0.2) is 0 Å². The molecule has 1 amide bonds. The van der Waals surface area contributed by atoms with Crippen molar-refractivity contribution in [2.45, 2.75) is 31.7 Å². The maximum absolute atomic E-state index is 11.5. The van der Waals surface area contributed by atoms with Crippen molar-refractivity contribution in [1.29, 1.82) is 0 Å². The second kappa shape index (κ2) is 5.27. The lowest BCUT2D eigenvalue weighted by atomic mass is 9.66. The summed E-state index contributed by atoms with van der Waals surface area (Å²) in [7, 11) is 0. The Hall–Kier alpha value is -1.14. The van der Waals surface area contributed by atoms with E-state index in [-0.39, 0.29) is 17.7 Å². The van der Waals surface area contributed by atoms with Crippen LogP contribution in [0.5, 0.6) is 0 Å². The Morgan fingerprint density at radius 3 is 2.38 bits per heavy atom. The van der Waals surface area contributed by atoms with Crippen LogP contribution in [0.25, 0.3) is 0 Å². The molecule has 16 heavy (non-hydrogen) atoms. The van der Waals surface area contributed by atoms with Gasteiger partial charge in [0.1, 0.15) is 6.04 Å². The molecule has 0 radical (unpaired) electrons. The first-order chi connectivity index (χ1) is 7.53. The summed E-state index contributed by atoms with van der Waals surface area (Å²) in [4.78, 5) is 22.1. The zero-order valence-electron chi connectivity index (χ0n) is 9.11. The summed E-state index contributed by atoms with van der Waals surface area (Å²) in [6.45, 7) is -0.159. The van der Waals surface area contributed by atoms with Gasteiger partial charge in [0.2, 0.25) is 5.91 Å². The molecule has 0 aromatic carbocycles. The highest BCUT2D eigenvalue weighted by atomic mass is 16.4. The second-order valence-corrected chi connectivity index (χ2v) is 4.38. The van der Waals surface area contributed by atoms with Crippen LogP contribution < -0.4 is 11.1 Å². The lowest BCUT2D eigenvalue weighted by Crippen LogP contribution is -2.47. The van der Waals surface area contributed by atoms with Gasteiger partial charge in [-0.15, -0.1) is 0 Å². The summed E-state index contributed by atoms with van der Waals surface area (Å²) >= 11 is 0. The zero-order chi connectivity index (χ0) is 12.2. The number of hydrogen-bond acceptors (Lipinski definition) is 4. The maximum atomic E-state index is 11.5. The molecule has 6 nitrogen and oxygen atoms in total. The molecule has 1 rings (SSSR count). The van der Waals surface area contributed by atoms with E-state index in [0.717, 1.165) is 19.3 Å². The van der Waals surface area contributed by atoms with E-state index in [1.165, 1.54) is 0 Å². The van der Waals surface area contributed by atoms with E-state index >= 15 is 0 Å². The Morgan fingerprint density at radius 2 is 2.06 bits per heavy atom. The van der Waals surface area contributed by atoms with Crippen LogP contribution in [0.4, 0.5) is 0 Å². The van der Waals surface area contributed by atoms with Gasteiger partial charge >= 0.3 is 5.97 Å². The van der Waals surface area contributed by atoms with Gasteiger partial charge in [0.05, 0.1) is 6.61 Å². The van der Waals surface area contributed by atoms with Crippen LogP contribution in [0.1, 0.15) is 25.7 Å². The summed E-state index contributed by atoms with van der Waals surface area (Å²) in [5.74, 6) is -1.59. The lowest BCUT2D eigenvalue weighted by molar-refractivity contribution is -0.143. The molecule has 0 spiro atoms. The second-order valence-electron chi connectivity index (χ2n) is 4.38. The van der Waals surface area contributed by atoms with Gasteiger partial charge < -0.3 is 21.3 Å². The van der Waals surface area contributed by atoms with Crippen LogP contribution in [0.2, 0.25) is 0 Å². The van der Waals surface area contributed by atoms with E-state index < -0.39 is 18.6 Å². The highest BCUT2D eigenvalue weighted by Crippen LogP contribution is 2.42. The first kappa shape index (κ1) is 12.9. The molecule has 0 aromatic rings. The standard InChI is InChI=1S/C10H18N2O4/c11-6-10(2-1-3-10)4-8(14)12-7(5-13)9(15)16/h7,13H,1-6,11H2,(H,12,14)(H,15,16). The average Bonchev–Trinajstić information content (AvgIpc) is 2.19. The van der Waals surface area contributed by atoms with Gasteiger partial charge in [0.25, 0.3) is 0 Å². The van der Waals surface area contributed by atoms with Crippen molar-refractivity contribution in [3.63, 3.8) is 0 Å². The molecular formula is C10H18N2O4. The smallest absolute Gasteiger partial charge is 0.328 e. The Labute approximate surface area is 93.8 Å². The molecule has 0 bridgehead atoms. The molecule has 0 aromatic heterocycles. The quantitative estimate of drug-likeness (QED) is 0.471. The van der Waals surface area contributed by atoms with Crippen molar-refractivity contribution in [3.8, 4) is 0 Å². The topological polar surface area (TPSA) is 113 Å². The number of aliphatic carboxylic acids is 1. The number of carboxylic acid groups (broad SMARTS) is 1. The minimum absolute atomic E-state index is 0.150. The number of rotatable bonds is 6. The molecule has 6 heteroatoms. The number of aliphatic hydroxyl groups is 1. The Morgan fingerprint density at radius 1 is 1.44 bits per heavy atom. The van der Waals surface area contributed by atoms with E-state index in [0.29, 0.717) is 6.54 Å². The van der Waals surface area contributed by atoms with Crippen LogP contribution in [0.15, 0.2) is 0 Å². The summed E-state index contributed by atoms with van der Waals surface area (Å²) in [6.07, 6.45) is 3.13. The third-order valence-corrected chi connectivity index (χ3v) is 3.20. The zero-order valence-corrected chi connectivity index (χ0v) is 9.11. The molecule has 1 unspecified atom stereocenters. The van der Waals surface area contributed by atoms with Gasteiger partial charge in [-0.25, -0.2) is 4.79 Å². The largest absolute Gasteiger partial charge is 0.480 e. The van der Waals surface area contributed by atoms with Gasteiger partial charge in [-0.3, -0.25) is 4.79 Å². The van der Waals surface area contributed by atoms with Crippen molar-refractivity contribution in [3.05, 3.63) is 0 Å². The van der Waals surface area contributed by atoms with Crippen LogP contribution in [0.3, 0.4) is 0 Å². The number of carbonyl (C=O) groups is 2. The highest BCUT2D eigenvalue weighted by molar-refractivity contribution is 5.84. The first-order valence-corrected chi connectivity index (χ1v) is 5.36. The summed E-state index contributed by atoms with van der Waals surface area (Å²) in [6, 6.07) is -1.22. The number of nitrogens with one attached hydrogen (secondary N) is 1. The van der Waals surface area contributed by atoms with Crippen molar-refractivity contribution in [2.75, 3.05) is 13.2 Å². The summed E-state index contributed by atoms with van der Waals surface area (Å²) in [5.41, 5.74) is 5.44. The molecule has 0 saturated heterocycles. The number of carbonyl (C=O) groups excluding carboxylic acids is 1. The predicted molar refractivity (Wildman–Crippen MR) is 56.6 cm³/mol. The van der Waals surface area contributed by atoms with Crippen LogP contribution in [-0.2, 0) is 9.59 Å². The highest BCUT2D eigenvalue weighted by Gasteiger charge is 2.38. The van der Waals surface area contributed by atoms with E-state index in [9.17, 15) is 9.59 Å². The molecule has 1 aliphatic carbocycles. The number of nitrogens with two attached hydrogens (primary N) is 1. The third-order valence-electron chi connectivity index (χ3n) is 3.20. The summed E-state index contributed by atoms with van der Waals surface area (Å²) in [5, 5.41) is 19.7. The van der Waals surface area contributed by atoms with Crippen LogP contribution in [0, 0.1) is 5.41 Å². The molecule has 0 heterocycles. The lowest BCUT2D eigenvalue weighted by Gasteiger charge is -2.40. The molecular weight excluding hydrogens is 212 g/mol. The Balaban J connectivity index is 2.43. The normalized spacial score (nSPS) is 19.6. The third kappa shape index (κ3) is 2.93. The van der Waals surface area contributed by atoms with Gasteiger partial charge in [-0.2, -0.15) is 0 Å². The van der Waals surface area contributed by atoms with Gasteiger partial charge in [0, 0.05) is 6.42 Å². The molecule has 0 aliphatic heterocycles. The fourth-order valence-electron chi connectivity index (χ4n) is 1.90. The maximum Gasteiger partial charge on any atom is 0.328 e. The molecule has 5 N–H and O–H groups in total. The predicted octanol–water partition coefficient (Wildman–Crippen LogP) is -0.933. The fraction of sp³-hybridized carbons (Fsp3) is 0.800. The number of aliphatic hydroxyl groups excluding tert-OH is 1. The van der Waals surface area contributed by atoms with Gasteiger partial charge in [-0.1, -0.05) is 6.42 Å². The van der Waals surface area contributed by atoms with Crippen molar-refractivity contribution < 1.29 is 19.8 Å². The molecule has 1 saturated carbocycles. The minimum atomic E-state index is -1.23. The summed E-state index contributed by atoms with van der Waals surface area (Å²) < 4.78 is 0. The van der Waals surface area contributed by atoms with E-state index in [4.69, 9.17) is 15.9 Å². The average molecular weight is 230 g/mol. The monoisotopic (exact) mass is 230 g/mol. The number of carboxylic acids is 1. The van der Waals surface area contributed by atoms with Crippen LogP contribution >= 0.6 is 0 Å². The fourth-order valence-corrected chi connectivity index (χ4v) is 1.90. The van der Waals surface area contributed by atoms with Gasteiger partial charge in [-0.05, 0) is 24.8 Å². The first-order valence-electron chi connectivity index (χ1n) is 5.36. The van der Waals surface area contributed by atoms with Crippen molar-refractivity contribution >= 4 is 11.9 Å².